The van der Waals surface area contributed by atoms with E-state index in [1.807, 2.05) is 7.05 Å². The van der Waals surface area contributed by atoms with Gasteiger partial charge in [-0.15, -0.1) is 0 Å². The molecule has 3 heterocycles. The second kappa shape index (κ2) is 5.52. The van der Waals surface area contributed by atoms with Crippen molar-refractivity contribution in [3.8, 4) is 0 Å². The fraction of sp³-hybridized carbons (Fsp3) is 0.615. The van der Waals surface area contributed by atoms with Crippen molar-refractivity contribution >= 4 is 17.0 Å². The highest BCUT2D eigenvalue weighted by Gasteiger charge is 2.25. The molecule has 1 saturated heterocycles. The van der Waals surface area contributed by atoms with E-state index in [1.54, 1.807) is 12.7 Å². The highest BCUT2D eigenvalue weighted by atomic mass is 15.2. The minimum absolute atomic E-state index is 0.558. The molecule has 0 aromatic carbocycles. The maximum absolute atomic E-state index is 4.48. The highest BCUT2D eigenvalue weighted by molar-refractivity contribution is 5.82. The van der Waals surface area contributed by atoms with Crippen molar-refractivity contribution in [2.75, 3.05) is 25.0 Å². The van der Waals surface area contributed by atoms with Crippen LogP contribution in [0.4, 0.5) is 5.82 Å². The Morgan fingerprint density at radius 1 is 1.37 bits per heavy atom. The first-order chi connectivity index (χ1) is 9.40. The second-order valence-electron chi connectivity index (χ2n) is 5.03. The first-order valence-electron chi connectivity index (χ1n) is 6.95. The number of nitrogens with zero attached hydrogens (tertiary/aromatic N) is 4. The van der Waals surface area contributed by atoms with Gasteiger partial charge in [-0.05, 0) is 39.3 Å². The van der Waals surface area contributed by atoms with Crippen molar-refractivity contribution in [2.45, 2.75) is 31.7 Å². The third-order valence-corrected chi connectivity index (χ3v) is 3.83. The smallest absolute Gasteiger partial charge is 0.182 e. The summed E-state index contributed by atoms with van der Waals surface area (Å²) in [5, 5.41) is 3.24. The van der Waals surface area contributed by atoms with E-state index >= 15 is 0 Å². The molecule has 1 aliphatic rings. The zero-order valence-corrected chi connectivity index (χ0v) is 11.3. The van der Waals surface area contributed by atoms with Crippen LogP contribution < -0.4 is 10.2 Å². The van der Waals surface area contributed by atoms with Crippen LogP contribution in [0.15, 0.2) is 12.7 Å². The number of aromatic nitrogens is 4. The molecule has 2 aromatic heterocycles. The number of hydrogen-bond donors (Lipinski definition) is 2. The molecule has 2 N–H and O–H groups in total. The lowest BCUT2D eigenvalue weighted by Gasteiger charge is -2.36. The number of piperidine rings is 1. The first-order valence-corrected chi connectivity index (χ1v) is 6.95. The number of imidazole rings is 1. The molecule has 0 bridgehead atoms. The van der Waals surface area contributed by atoms with Crippen LogP contribution in [-0.2, 0) is 0 Å². The molecule has 19 heavy (non-hydrogen) atoms. The van der Waals surface area contributed by atoms with Gasteiger partial charge in [-0.25, -0.2) is 15.0 Å². The van der Waals surface area contributed by atoms with Crippen LogP contribution in [0.1, 0.15) is 25.7 Å². The Labute approximate surface area is 112 Å². The van der Waals surface area contributed by atoms with Crippen LogP contribution in [0.25, 0.3) is 11.2 Å². The Kier molecular flexibility index (Phi) is 3.59. The lowest BCUT2D eigenvalue weighted by atomic mass is 9.99. The molecule has 0 amide bonds. The van der Waals surface area contributed by atoms with Gasteiger partial charge in [0, 0.05) is 12.6 Å². The molecule has 1 aliphatic heterocycles. The van der Waals surface area contributed by atoms with Gasteiger partial charge in [0.1, 0.15) is 11.8 Å². The lowest BCUT2D eigenvalue weighted by molar-refractivity contribution is 0.431. The molecule has 102 valence electrons. The van der Waals surface area contributed by atoms with Crippen LogP contribution in [0, 0.1) is 0 Å². The summed E-state index contributed by atoms with van der Waals surface area (Å²) in [6, 6.07) is 0.558. The third-order valence-electron chi connectivity index (χ3n) is 3.83. The molecule has 1 atom stereocenters. The standard InChI is InChI=1S/C13H20N6/c1-14-6-5-10-4-2-3-7-19(10)13-11-12(16-8-15-11)17-9-18-13/h8-10,14H,2-7H2,1H3,(H,15,16,17,18). The van der Waals surface area contributed by atoms with Crippen molar-refractivity contribution in [1.29, 1.82) is 0 Å². The van der Waals surface area contributed by atoms with Gasteiger partial charge in [-0.1, -0.05) is 0 Å². The number of aromatic amines is 1. The van der Waals surface area contributed by atoms with E-state index < -0.39 is 0 Å². The van der Waals surface area contributed by atoms with Gasteiger partial charge < -0.3 is 15.2 Å². The Balaban J connectivity index is 1.91. The van der Waals surface area contributed by atoms with Gasteiger partial charge in [0.2, 0.25) is 0 Å². The summed E-state index contributed by atoms with van der Waals surface area (Å²) in [4.78, 5) is 18.5. The van der Waals surface area contributed by atoms with Crippen molar-refractivity contribution in [3.05, 3.63) is 12.7 Å². The average Bonchev–Trinajstić information content (AvgIpc) is 2.94. The van der Waals surface area contributed by atoms with Crippen LogP contribution in [-0.4, -0.2) is 46.1 Å². The summed E-state index contributed by atoms with van der Waals surface area (Å²) in [6.45, 7) is 2.11. The zero-order chi connectivity index (χ0) is 13.1. The van der Waals surface area contributed by atoms with Crippen molar-refractivity contribution in [1.82, 2.24) is 25.3 Å². The van der Waals surface area contributed by atoms with Crippen molar-refractivity contribution in [3.63, 3.8) is 0 Å². The molecule has 0 radical (unpaired) electrons. The van der Waals surface area contributed by atoms with E-state index in [9.17, 15) is 0 Å². The topological polar surface area (TPSA) is 69.7 Å². The van der Waals surface area contributed by atoms with Gasteiger partial charge in [0.25, 0.3) is 0 Å². The van der Waals surface area contributed by atoms with Gasteiger partial charge in [-0.3, -0.25) is 0 Å². The summed E-state index contributed by atoms with van der Waals surface area (Å²) in [7, 11) is 2.00. The van der Waals surface area contributed by atoms with E-state index in [1.165, 1.54) is 19.3 Å². The number of anilines is 1. The summed E-state index contributed by atoms with van der Waals surface area (Å²) >= 11 is 0. The van der Waals surface area contributed by atoms with Gasteiger partial charge >= 0.3 is 0 Å². The largest absolute Gasteiger partial charge is 0.352 e. The Bertz CT molecular complexity index is 537. The minimum atomic E-state index is 0.558. The number of rotatable bonds is 4. The first kappa shape index (κ1) is 12.3. The molecule has 1 fully saturated rings. The summed E-state index contributed by atoms with van der Waals surface area (Å²) in [5.74, 6) is 1.00. The van der Waals surface area contributed by atoms with Gasteiger partial charge in [0.05, 0.1) is 6.33 Å². The molecule has 2 aromatic rings. The Morgan fingerprint density at radius 3 is 3.21 bits per heavy atom. The molecular weight excluding hydrogens is 240 g/mol. The fourth-order valence-corrected chi connectivity index (χ4v) is 2.86. The Morgan fingerprint density at radius 2 is 2.32 bits per heavy atom. The Hall–Kier alpha value is -1.69. The van der Waals surface area contributed by atoms with E-state index in [0.717, 1.165) is 36.5 Å². The van der Waals surface area contributed by atoms with Crippen molar-refractivity contribution in [2.24, 2.45) is 0 Å². The fourth-order valence-electron chi connectivity index (χ4n) is 2.86. The molecule has 0 aliphatic carbocycles. The van der Waals surface area contributed by atoms with Crippen LogP contribution >= 0.6 is 0 Å². The van der Waals surface area contributed by atoms with E-state index in [2.05, 4.69) is 30.2 Å². The molecule has 6 nitrogen and oxygen atoms in total. The maximum atomic E-state index is 4.48. The number of H-pyrrole nitrogens is 1. The maximum Gasteiger partial charge on any atom is 0.182 e. The summed E-state index contributed by atoms with van der Waals surface area (Å²) < 4.78 is 0. The molecule has 0 spiro atoms. The average molecular weight is 260 g/mol. The predicted molar refractivity (Wildman–Crippen MR) is 75.2 cm³/mol. The molecule has 0 saturated carbocycles. The third kappa shape index (κ3) is 2.40. The van der Waals surface area contributed by atoms with Crippen LogP contribution in [0.2, 0.25) is 0 Å². The zero-order valence-electron chi connectivity index (χ0n) is 11.3. The molecular formula is C13H20N6. The van der Waals surface area contributed by atoms with Crippen molar-refractivity contribution < 1.29 is 0 Å². The predicted octanol–water partition coefficient (Wildman–Crippen LogP) is 1.32. The molecule has 3 rings (SSSR count). The highest BCUT2D eigenvalue weighted by Crippen LogP contribution is 2.28. The number of fused-ring (bicyclic) bond motifs is 1. The van der Waals surface area contributed by atoms with Gasteiger partial charge in [-0.2, -0.15) is 0 Å². The van der Waals surface area contributed by atoms with Gasteiger partial charge in [0.15, 0.2) is 11.5 Å². The second-order valence-corrected chi connectivity index (χ2v) is 5.03. The summed E-state index contributed by atoms with van der Waals surface area (Å²) in [6.07, 6.45) is 8.23. The number of nitrogens with one attached hydrogen (secondary N) is 2. The minimum Gasteiger partial charge on any atom is -0.352 e. The van der Waals surface area contributed by atoms with E-state index in [4.69, 9.17) is 0 Å². The molecule has 6 heteroatoms. The van der Waals surface area contributed by atoms with E-state index in [0.29, 0.717) is 6.04 Å². The normalized spacial score (nSPS) is 20.1. The SMILES string of the molecule is CNCCC1CCCCN1c1ncnc2nc[nH]c12. The van der Waals surface area contributed by atoms with E-state index in [-0.39, 0.29) is 0 Å². The van der Waals surface area contributed by atoms with Crippen LogP contribution in [0.5, 0.6) is 0 Å². The van der Waals surface area contributed by atoms with Crippen LogP contribution in [0.3, 0.4) is 0 Å². The lowest BCUT2D eigenvalue weighted by Crippen LogP contribution is -2.41. The monoisotopic (exact) mass is 260 g/mol. The summed E-state index contributed by atoms with van der Waals surface area (Å²) in [5.41, 5.74) is 1.71. The number of hydrogen-bond acceptors (Lipinski definition) is 5. The quantitative estimate of drug-likeness (QED) is 0.867. The molecule has 1 unspecified atom stereocenters.